The van der Waals surface area contributed by atoms with Crippen LogP contribution in [-0.2, 0) is 14.3 Å². The van der Waals surface area contributed by atoms with Gasteiger partial charge in [-0.3, -0.25) is 4.79 Å². The first kappa shape index (κ1) is 21.9. The quantitative estimate of drug-likeness (QED) is 0.609. The monoisotopic (exact) mass is 425 g/mol. The molecular formula is C20H21Cl2NO5. The normalized spacial score (nSPS) is 11.4. The summed E-state index contributed by atoms with van der Waals surface area (Å²) < 4.78 is 15.6. The summed E-state index contributed by atoms with van der Waals surface area (Å²) in [5, 5.41) is 3.55. The molecule has 0 saturated carbocycles. The van der Waals surface area contributed by atoms with Crippen LogP contribution in [0.1, 0.15) is 25.5 Å². The van der Waals surface area contributed by atoms with E-state index in [1.54, 1.807) is 49.4 Å². The van der Waals surface area contributed by atoms with Gasteiger partial charge in [-0.2, -0.15) is 0 Å². The zero-order valence-corrected chi connectivity index (χ0v) is 17.0. The zero-order valence-electron chi connectivity index (χ0n) is 15.5. The molecule has 1 amide bonds. The Kier molecular flexibility index (Phi) is 8.42. The first-order valence-corrected chi connectivity index (χ1v) is 9.40. The highest BCUT2D eigenvalue weighted by Crippen LogP contribution is 2.25. The van der Waals surface area contributed by atoms with Gasteiger partial charge in [-0.05, 0) is 55.8 Å². The minimum atomic E-state index is -0.647. The topological polar surface area (TPSA) is 73.9 Å². The maximum Gasteiger partial charge on any atom is 0.344 e. The van der Waals surface area contributed by atoms with E-state index in [4.69, 9.17) is 37.4 Å². The average Bonchev–Trinajstić information content (AvgIpc) is 2.68. The summed E-state index contributed by atoms with van der Waals surface area (Å²) in [6.07, 6.45) is 0. The Morgan fingerprint density at radius 2 is 1.61 bits per heavy atom. The van der Waals surface area contributed by atoms with Crippen molar-refractivity contribution in [1.29, 1.82) is 0 Å². The summed E-state index contributed by atoms with van der Waals surface area (Å²) >= 11 is 11.8. The van der Waals surface area contributed by atoms with Crippen LogP contribution in [0.4, 0.5) is 0 Å². The highest BCUT2D eigenvalue weighted by atomic mass is 35.5. The lowest BCUT2D eigenvalue weighted by molar-refractivity contribution is -0.150. The number of halogens is 2. The molecule has 0 radical (unpaired) electrons. The Morgan fingerprint density at radius 3 is 2.21 bits per heavy atom. The van der Waals surface area contributed by atoms with Crippen LogP contribution in [0.25, 0.3) is 0 Å². The molecular weight excluding hydrogens is 405 g/mol. The van der Waals surface area contributed by atoms with Crippen molar-refractivity contribution in [3.8, 4) is 11.5 Å². The molecule has 1 N–H and O–H groups in total. The maximum absolute atomic E-state index is 12.0. The molecule has 0 saturated heterocycles. The molecule has 0 aliphatic heterocycles. The molecule has 0 fully saturated rings. The van der Waals surface area contributed by atoms with Gasteiger partial charge in [0.15, 0.2) is 13.2 Å². The van der Waals surface area contributed by atoms with Gasteiger partial charge in [0, 0.05) is 0 Å². The van der Waals surface area contributed by atoms with E-state index in [1.807, 2.05) is 6.92 Å². The van der Waals surface area contributed by atoms with Crippen LogP contribution >= 0.6 is 23.2 Å². The van der Waals surface area contributed by atoms with E-state index in [-0.39, 0.29) is 12.6 Å². The molecule has 0 aliphatic carbocycles. The van der Waals surface area contributed by atoms with E-state index in [1.165, 1.54) is 0 Å². The first-order chi connectivity index (χ1) is 13.4. The number of amides is 1. The Bertz CT molecular complexity index is 811. The van der Waals surface area contributed by atoms with Crippen molar-refractivity contribution in [3.63, 3.8) is 0 Å². The second-order valence-corrected chi connectivity index (χ2v) is 6.63. The van der Waals surface area contributed by atoms with Gasteiger partial charge in [-0.1, -0.05) is 29.3 Å². The molecule has 2 aromatic carbocycles. The van der Waals surface area contributed by atoms with Crippen molar-refractivity contribution < 1.29 is 23.8 Å². The van der Waals surface area contributed by atoms with Crippen molar-refractivity contribution in [2.75, 3.05) is 19.8 Å². The van der Waals surface area contributed by atoms with Gasteiger partial charge >= 0.3 is 5.97 Å². The number of hydrogen-bond donors (Lipinski definition) is 1. The van der Waals surface area contributed by atoms with E-state index in [0.29, 0.717) is 28.2 Å². The number of esters is 1. The van der Waals surface area contributed by atoms with E-state index in [9.17, 15) is 9.59 Å². The second kappa shape index (κ2) is 10.8. The molecule has 8 heteroatoms. The van der Waals surface area contributed by atoms with E-state index >= 15 is 0 Å². The van der Waals surface area contributed by atoms with Crippen LogP contribution in [-0.4, -0.2) is 31.7 Å². The zero-order chi connectivity index (χ0) is 20.5. The van der Waals surface area contributed by atoms with Crippen molar-refractivity contribution in [2.45, 2.75) is 19.9 Å². The third-order valence-corrected chi connectivity index (χ3v) is 4.42. The van der Waals surface area contributed by atoms with Crippen molar-refractivity contribution >= 4 is 35.1 Å². The fourth-order valence-corrected chi connectivity index (χ4v) is 2.58. The van der Waals surface area contributed by atoms with E-state index in [0.717, 1.165) is 5.56 Å². The lowest BCUT2D eigenvalue weighted by Crippen LogP contribution is -2.31. The van der Waals surface area contributed by atoms with E-state index in [2.05, 4.69) is 5.32 Å². The van der Waals surface area contributed by atoms with Crippen LogP contribution < -0.4 is 14.8 Å². The number of carbonyl (C=O) groups excluding carboxylic acids is 2. The maximum atomic E-state index is 12.0. The molecule has 2 aromatic rings. The van der Waals surface area contributed by atoms with Crippen molar-refractivity contribution in [1.82, 2.24) is 5.32 Å². The van der Waals surface area contributed by atoms with Crippen LogP contribution in [0.2, 0.25) is 10.0 Å². The Hall–Kier alpha value is -2.44. The summed E-state index contributed by atoms with van der Waals surface area (Å²) in [5.74, 6) is 0.127. The number of carbonyl (C=O) groups is 2. The summed E-state index contributed by atoms with van der Waals surface area (Å²) in [6, 6.07) is 11.6. The fraction of sp³-hybridized carbons (Fsp3) is 0.300. The average molecular weight is 426 g/mol. The Morgan fingerprint density at radius 1 is 0.964 bits per heavy atom. The van der Waals surface area contributed by atoms with Crippen LogP contribution in [0, 0.1) is 0 Å². The standard InChI is InChI=1S/C20H21Cl2NO5/c1-3-26-15-5-7-16(8-6-15)27-12-20(25)28-11-19(24)23-13(2)14-4-9-17(21)18(22)10-14/h4-10,13H,3,11-12H2,1-2H3,(H,23,24). The molecule has 150 valence electrons. The molecule has 0 aliphatic rings. The molecule has 0 aromatic heterocycles. The van der Waals surface area contributed by atoms with Gasteiger partial charge in [-0.25, -0.2) is 4.79 Å². The third kappa shape index (κ3) is 6.94. The number of rotatable bonds is 9. The van der Waals surface area contributed by atoms with Crippen LogP contribution in [0.15, 0.2) is 42.5 Å². The molecule has 2 rings (SSSR count). The van der Waals surface area contributed by atoms with Gasteiger partial charge in [0.25, 0.3) is 5.91 Å². The second-order valence-electron chi connectivity index (χ2n) is 5.82. The lowest BCUT2D eigenvalue weighted by atomic mass is 10.1. The molecule has 6 nitrogen and oxygen atoms in total. The predicted molar refractivity (Wildman–Crippen MR) is 107 cm³/mol. The predicted octanol–water partition coefficient (Wildman–Crippen LogP) is 4.19. The van der Waals surface area contributed by atoms with Gasteiger partial charge < -0.3 is 19.5 Å². The largest absolute Gasteiger partial charge is 0.494 e. The van der Waals surface area contributed by atoms with Crippen molar-refractivity contribution in [2.24, 2.45) is 0 Å². The molecule has 0 spiro atoms. The lowest BCUT2D eigenvalue weighted by Gasteiger charge is -2.15. The Balaban J connectivity index is 1.72. The Labute approximate surface area is 173 Å². The van der Waals surface area contributed by atoms with Gasteiger partial charge in [0.2, 0.25) is 0 Å². The first-order valence-electron chi connectivity index (χ1n) is 8.64. The summed E-state index contributed by atoms with van der Waals surface area (Å²) in [7, 11) is 0. The number of nitrogens with one attached hydrogen (secondary N) is 1. The molecule has 28 heavy (non-hydrogen) atoms. The van der Waals surface area contributed by atoms with Crippen LogP contribution in [0.5, 0.6) is 11.5 Å². The smallest absolute Gasteiger partial charge is 0.344 e. The van der Waals surface area contributed by atoms with Gasteiger partial charge in [-0.15, -0.1) is 0 Å². The SMILES string of the molecule is CCOc1ccc(OCC(=O)OCC(=O)NC(C)c2ccc(Cl)c(Cl)c2)cc1. The minimum Gasteiger partial charge on any atom is -0.494 e. The number of benzene rings is 2. The van der Waals surface area contributed by atoms with Gasteiger partial charge in [0.1, 0.15) is 11.5 Å². The molecule has 1 atom stereocenters. The third-order valence-electron chi connectivity index (χ3n) is 3.68. The van der Waals surface area contributed by atoms with Crippen LogP contribution in [0.3, 0.4) is 0 Å². The summed E-state index contributed by atoms with van der Waals surface area (Å²) in [6.45, 7) is 3.54. The highest BCUT2D eigenvalue weighted by molar-refractivity contribution is 6.42. The molecule has 0 heterocycles. The van der Waals surface area contributed by atoms with Crippen molar-refractivity contribution in [3.05, 3.63) is 58.1 Å². The number of hydrogen-bond acceptors (Lipinski definition) is 5. The van der Waals surface area contributed by atoms with E-state index < -0.39 is 18.5 Å². The summed E-state index contributed by atoms with van der Waals surface area (Å²) in [4.78, 5) is 23.7. The summed E-state index contributed by atoms with van der Waals surface area (Å²) in [5.41, 5.74) is 0.785. The fourth-order valence-electron chi connectivity index (χ4n) is 2.28. The molecule has 0 bridgehead atoms. The minimum absolute atomic E-state index is 0.302. The van der Waals surface area contributed by atoms with Gasteiger partial charge in [0.05, 0.1) is 22.7 Å². The number of ether oxygens (including phenoxy) is 3. The molecule has 1 unspecified atom stereocenters. The highest BCUT2D eigenvalue weighted by Gasteiger charge is 2.13.